The number of carboxylic acid groups (broad SMARTS) is 1. The van der Waals surface area contributed by atoms with E-state index in [4.69, 9.17) is 4.74 Å². The zero-order valence-electron chi connectivity index (χ0n) is 13.9. The van der Waals surface area contributed by atoms with Gasteiger partial charge in [0.1, 0.15) is 0 Å². The Morgan fingerprint density at radius 1 is 1.29 bits per heavy atom. The normalized spacial score (nSPS) is 25.6. The molecule has 1 aromatic rings. The minimum Gasteiger partial charge on any atom is -0.474 e. The molecule has 5 nitrogen and oxygen atoms in total. The van der Waals surface area contributed by atoms with E-state index in [-0.39, 0.29) is 11.6 Å². The summed E-state index contributed by atoms with van der Waals surface area (Å²) in [5.74, 6) is 0.960. The van der Waals surface area contributed by atoms with Gasteiger partial charge in [0.2, 0.25) is 0 Å². The molecule has 1 unspecified atom stereocenters. The van der Waals surface area contributed by atoms with E-state index in [1.165, 1.54) is 16.9 Å². The number of likely N-dealkylation sites (tertiary alicyclic amines) is 1. The average molecular weight is 328 g/mol. The van der Waals surface area contributed by atoms with Crippen molar-refractivity contribution in [3.05, 3.63) is 47.7 Å². The van der Waals surface area contributed by atoms with E-state index in [1.807, 2.05) is 6.07 Å². The van der Waals surface area contributed by atoms with Crippen LogP contribution in [0.1, 0.15) is 31.2 Å². The molecular formula is C19H24N2O3. The number of ether oxygens (including phenoxy) is 1. The van der Waals surface area contributed by atoms with Crippen LogP contribution in [0.2, 0.25) is 0 Å². The Bertz CT molecular complexity index is 639. The summed E-state index contributed by atoms with van der Waals surface area (Å²) in [6.07, 6.45) is 5.22. The third-order valence-electron chi connectivity index (χ3n) is 5.65. The second-order valence-electron chi connectivity index (χ2n) is 7.24. The summed E-state index contributed by atoms with van der Waals surface area (Å²) >= 11 is 0. The SMILES string of the molecule is O=C(O)N1CC2(CCC2)C1OC1=CCN(Cc2ccccc2)CC1. The van der Waals surface area contributed by atoms with Gasteiger partial charge in [0, 0.05) is 38.0 Å². The number of rotatable bonds is 4. The van der Waals surface area contributed by atoms with Crippen molar-refractivity contribution in [1.82, 2.24) is 9.80 Å². The predicted octanol–water partition coefficient (Wildman–Crippen LogP) is 3.28. The van der Waals surface area contributed by atoms with Crippen LogP contribution in [0.25, 0.3) is 0 Å². The monoisotopic (exact) mass is 328 g/mol. The fourth-order valence-corrected chi connectivity index (χ4v) is 4.04. The topological polar surface area (TPSA) is 53.0 Å². The van der Waals surface area contributed by atoms with Gasteiger partial charge in [-0.15, -0.1) is 0 Å². The summed E-state index contributed by atoms with van der Waals surface area (Å²) in [6.45, 7) is 3.39. The van der Waals surface area contributed by atoms with E-state index in [0.29, 0.717) is 6.54 Å². The number of benzene rings is 1. The van der Waals surface area contributed by atoms with Gasteiger partial charge >= 0.3 is 6.09 Å². The van der Waals surface area contributed by atoms with Gasteiger partial charge in [-0.05, 0) is 24.5 Å². The molecule has 24 heavy (non-hydrogen) atoms. The standard InChI is InChI=1S/C19H24N2O3/c22-18(23)21-14-19(9-4-10-19)17(21)24-16-7-11-20(12-8-16)13-15-5-2-1-3-6-15/h1-3,5-7,17H,4,8-14H2,(H,22,23). The number of hydrogen-bond acceptors (Lipinski definition) is 3. The van der Waals surface area contributed by atoms with Crippen LogP contribution < -0.4 is 0 Å². The lowest BCUT2D eigenvalue weighted by molar-refractivity contribution is -0.219. The van der Waals surface area contributed by atoms with E-state index in [0.717, 1.165) is 44.7 Å². The van der Waals surface area contributed by atoms with Crippen LogP contribution in [0, 0.1) is 5.41 Å². The van der Waals surface area contributed by atoms with E-state index in [1.54, 1.807) is 0 Å². The minimum atomic E-state index is -0.861. The van der Waals surface area contributed by atoms with E-state index >= 15 is 0 Å². The van der Waals surface area contributed by atoms with Gasteiger partial charge in [0.05, 0.1) is 5.76 Å². The van der Waals surface area contributed by atoms with Crippen LogP contribution in [-0.2, 0) is 11.3 Å². The summed E-state index contributed by atoms with van der Waals surface area (Å²) in [7, 11) is 0. The second kappa shape index (κ2) is 6.13. The molecule has 1 N–H and O–H groups in total. The Labute approximate surface area is 142 Å². The van der Waals surface area contributed by atoms with E-state index < -0.39 is 6.09 Å². The molecule has 1 amide bonds. The van der Waals surface area contributed by atoms with E-state index in [2.05, 4.69) is 35.2 Å². The molecule has 128 valence electrons. The molecule has 2 fully saturated rings. The molecule has 5 heteroatoms. The molecule has 1 saturated heterocycles. The Morgan fingerprint density at radius 2 is 2.08 bits per heavy atom. The zero-order valence-corrected chi connectivity index (χ0v) is 13.9. The fourth-order valence-electron chi connectivity index (χ4n) is 4.04. The lowest BCUT2D eigenvalue weighted by Gasteiger charge is -2.60. The highest BCUT2D eigenvalue weighted by Gasteiger charge is 2.59. The molecule has 2 heterocycles. The quantitative estimate of drug-likeness (QED) is 0.921. The first-order chi connectivity index (χ1) is 11.7. The Balaban J connectivity index is 1.35. The highest BCUT2D eigenvalue weighted by molar-refractivity contribution is 5.67. The van der Waals surface area contributed by atoms with Crippen molar-refractivity contribution in [3.8, 4) is 0 Å². The number of amides is 1. The van der Waals surface area contributed by atoms with Crippen molar-refractivity contribution >= 4 is 6.09 Å². The highest BCUT2D eigenvalue weighted by atomic mass is 16.5. The molecule has 1 aromatic carbocycles. The van der Waals surface area contributed by atoms with Crippen LogP contribution >= 0.6 is 0 Å². The third kappa shape index (κ3) is 2.77. The van der Waals surface area contributed by atoms with Crippen molar-refractivity contribution in [1.29, 1.82) is 0 Å². The molecule has 0 aromatic heterocycles. The summed E-state index contributed by atoms with van der Waals surface area (Å²) in [4.78, 5) is 15.2. The molecule has 1 spiro atoms. The first kappa shape index (κ1) is 15.5. The van der Waals surface area contributed by atoms with Crippen molar-refractivity contribution in [2.45, 2.75) is 38.5 Å². The highest BCUT2D eigenvalue weighted by Crippen LogP contribution is 2.54. The maximum atomic E-state index is 11.3. The number of hydrogen-bond donors (Lipinski definition) is 1. The number of carbonyl (C=O) groups is 1. The average Bonchev–Trinajstić information content (AvgIpc) is 2.52. The lowest BCUT2D eigenvalue weighted by Crippen LogP contribution is -2.69. The van der Waals surface area contributed by atoms with E-state index in [9.17, 15) is 9.90 Å². The summed E-state index contributed by atoms with van der Waals surface area (Å²) < 4.78 is 6.14. The minimum absolute atomic E-state index is 0.0976. The van der Waals surface area contributed by atoms with Crippen molar-refractivity contribution in [3.63, 3.8) is 0 Å². The summed E-state index contributed by atoms with van der Waals surface area (Å²) in [5.41, 5.74) is 1.42. The van der Waals surface area contributed by atoms with Crippen LogP contribution in [0.3, 0.4) is 0 Å². The van der Waals surface area contributed by atoms with Gasteiger partial charge in [-0.2, -0.15) is 0 Å². The van der Waals surface area contributed by atoms with Gasteiger partial charge < -0.3 is 9.84 Å². The van der Waals surface area contributed by atoms with Crippen LogP contribution in [0.15, 0.2) is 42.2 Å². The summed E-state index contributed by atoms with van der Waals surface area (Å²) in [6, 6.07) is 10.5. The van der Waals surface area contributed by atoms with Crippen LogP contribution in [0.5, 0.6) is 0 Å². The van der Waals surface area contributed by atoms with Crippen molar-refractivity contribution < 1.29 is 14.6 Å². The predicted molar refractivity (Wildman–Crippen MR) is 90.3 cm³/mol. The van der Waals surface area contributed by atoms with Gasteiger partial charge in [0.15, 0.2) is 6.23 Å². The zero-order chi connectivity index (χ0) is 16.6. The van der Waals surface area contributed by atoms with Gasteiger partial charge in [-0.1, -0.05) is 36.8 Å². The molecular weight excluding hydrogens is 304 g/mol. The maximum absolute atomic E-state index is 11.3. The van der Waals surface area contributed by atoms with Gasteiger partial charge in [-0.25, -0.2) is 4.79 Å². The smallest absolute Gasteiger partial charge is 0.410 e. The molecule has 1 atom stereocenters. The second-order valence-corrected chi connectivity index (χ2v) is 7.24. The van der Waals surface area contributed by atoms with Crippen LogP contribution in [-0.4, -0.2) is 46.9 Å². The van der Waals surface area contributed by atoms with Crippen LogP contribution in [0.4, 0.5) is 4.79 Å². The van der Waals surface area contributed by atoms with Crippen molar-refractivity contribution in [2.24, 2.45) is 5.41 Å². The Morgan fingerprint density at radius 3 is 2.67 bits per heavy atom. The van der Waals surface area contributed by atoms with Gasteiger partial charge in [-0.3, -0.25) is 9.80 Å². The Kier molecular flexibility index (Phi) is 3.96. The molecule has 0 radical (unpaired) electrons. The molecule has 4 rings (SSSR count). The Hall–Kier alpha value is -2.01. The number of nitrogens with zero attached hydrogens (tertiary/aromatic N) is 2. The summed E-state index contributed by atoms with van der Waals surface area (Å²) in [5, 5.41) is 9.31. The molecule has 1 aliphatic carbocycles. The fraction of sp³-hybridized carbons (Fsp3) is 0.526. The molecule has 1 saturated carbocycles. The first-order valence-electron chi connectivity index (χ1n) is 8.78. The van der Waals surface area contributed by atoms with Crippen molar-refractivity contribution in [2.75, 3.05) is 19.6 Å². The third-order valence-corrected chi connectivity index (χ3v) is 5.65. The lowest BCUT2D eigenvalue weighted by atomic mass is 9.62. The first-order valence-corrected chi connectivity index (χ1v) is 8.78. The largest absolute Gasteiger partial charge is 0.474 e. The molecule has 0 bridgehead atoms. The van der Waals surface area contributed by atoms with Gasteiger partial charge in [0.25, 0.3) is 0 Å². The molecule has 3 aliphatic rings. The molecule has 2 aliphatic heterocycles. The maximum Gasteiger partial charge on any atom is 0.410 e.